The molecule has 0 saturated carbocycles. The van der Waals surface area contributed by atoms with Crippen molar-refractivity contribution >= 4 is 27.5 Å². The van der Waals surface area contributed by atoms with E-state index in [2.05, 4.69) is 19.9 Å². The number of aromatic nitrogens is 3. The predicted molar refractivity (Wildman–Crippen MR) is 122 cm³/mol. The molecule has 1 saturated heterocycles. The van der Waals surface area contributed by atoms with Crippen molar-refractivity contribution in [1.82, 2.24) is 24.8 Å². The van der Waals surface area contributed by atoms with Crippen LogP contribution in [0.1, 0.15) is 38.7 Å². The fraction of sp³-hybridized carbons (Fsp3) is 0.478. The van der Waals surface area contributed by atoms with Crippen LogP contribution in [-0.4, -0.2) is 70.1 Å². The molecule has 1 fully saturated rings. The maximum Gasteiger partial charge on any atom is 0.264 e. The van der Waals surface area contributed by atoms with E-state index in [-0.39, 0.29) is 5.91 Å². The second-order valence-electron chi connectivity index (χ2n) is 7.98. The Morgan fingerprint density at radius 2 is 1.90 bits per heavy atom. The van der Waals surface area contributed by atoms with Gasteiger partial charge in [0, 0.05) is 56.2 Å². The summed E-state index contributed by atoms with van der Waals surface area (Å²) in [7, 11) is 0. The first-order valence-corrected chi connectivity index (χ1v) is 11.6. The van der Waals surface area contributed by atoms with Crippen LogP contribution in [0, 0.1) is 20.8 Å². The van der Waals surface area contributed by atoms with Gasteiger partial charge in [0.25, 0.3) is 5.91 Å². The number of nitrogens with zero attached hydrogens (tertiary/aromatic N) is 5. The lowest BCUT2D eigenvalue weighted by atomic mass is 10.1. The second kappa shape index (κ2) is 9.80. The number of pyridine rings is 1. The van der Waals surface area contributed by atoms with Gasteiger partial charge in [-0.15, -0.1) is 11.3 Å². The van der Waals surface area contributed by atoms with Crippen LogP contribution >= 0.6 is 11.3 Å². The van der Waals surface area contributed by atoms with Crippen LogP contribution in [0.25, 0.3) is 10.2 Å². The van der Waals surface area contributed by atoms with Gasteiger partial charge in [0.2, 0.25) is 0 Å². The van der Waals surface area contributed by atoms with Gasteiger partial charge in [0.15, 0.2) is 0 Å². The molecular weight excluding hydrogens is 410 g/mol. The molecule has 0 bridgehead atoms. The standard InChI is InChI=1S/C23H29N5O2S/c1-16-20-17(2)25-18(3)26-22(20)31-21(16)23(29)28(15-19-5-7-24-8-6-19)10-4-9-27-11-13-30-14-12-27/h5-8H,4,9-15H2,1-3H3. The number of rotatable bonds is 7. The third-order valence-electron chi connectivity index (χ3n) is 5.69. The lowest BCUT2D eigenvalue weighted by Gasteiger charge is -2.28. The Morgan fingerprint density at radius 1 is 1.16 bits per heavy atom. The summed E-state index contributed by atoms with van der Waals surface area (Å²) in [6, 6.07) is 3.94. The van der Waals surface area contributed by atoms with Crippen molar-refractivity contribution in [2.45, 2.75) is 33.7 Å². The molecule has 3 aromatic heterocycles. The van der Waals surface area contributed by atoms with E-state index in [4.69, 9.17) is 4.74 Å². The lowest BCUT2D eigenvalue weighted by molar-refractivity contribution is 0.0356. The smallest absolute Gasteiger partial charge is 0.264 e. The number of carbonyl (C=O) groups excluding carboxylic acids is 1. The number of thiophene rings is 1. The van der Waals surface area contributed by atoms with Gasteiger partial charge in [-0.05, 0) is 50.5 Å². The molecule has 31 heavy (non-hydrogen) atoms. The van der Waals surface area contributed by atoms with E-state index in [1.807, 2.05) is 37.8 Å². The maximum absolute atomic E-state index is 13.7. The Balaban J connectivity index is 1.56. The van der Waals surface area contributed by atoms with E-state index in [0.29, 0.717) is 13.1 Å². The summed E-state index contributed by atoms with van der Waals surface area (Å²) < 4.78 is 5.44. The van der Waals surface area contributed by atoms with Crippen LogP contribution in [-0.2, 0) is 11.3 Å². The molecule has 4 heterocycles. The molecule has 0 unspecified atom stereocenters. The van der Waals surface area contributed by atoms with Crippen LogP contribution in [0.4, 0.5) is 0 Å². The number of morpholine rings is 1. The Hall–Kier alpha value is -2.42. The van der Waals surface area contributed by atoms with Crippen molar-refractivity contribution in [3.8, 4) is 0 Å². The summed E-state index contributed by atoms with van der Waals surface area (Å²) in [4.78, 5) is 32.9. The van der Waals surface area contributed by atoms with E-state index >= 15 is 0 Å². The summed E-state index contributed by atoms with van der Waals surface area (Å²) in [6.45, 7) is 11.6. The number of hydrogen-bond acceptors (Lipinski definition) is 7. The third-order valence-corrected chi connectivity index (χ3v) is 6.87. The first-order chi connectivity index (χ1) is 15.0. The average Bonchev–Trinajstić information content (AvgIpc) is 3.10. The summed E-state index contributed by atoms with van der Waals surface area (Å²) in [5.41, 5.74) is 3.00. The van der Waals surface area contributed by atoms with E-state index in [0.717, 1.165) is 77.0 Å². The zero-order valence-electron chi connectivity index (χ0n) is 18.4. The topological polar surface area (TPSA) is 71.5 Å². The molecule has 8 heteroatoms. The fourth-order valence-corrected chi connectivity index (χ4v) is 5.34. The Kier molecular flexibility index (Phi) is 6.89. The predicted octanol–water partition coefficient (Wildman–Crippen LogP) is 3.38. The normalized spacial score (nSPS) is 14.8. The maximum atomic E-state index is 13.7. The molecule has 0 radical (unpaired) electrons. The highest BCUT2D eigenvalue weighted by Crippen LogP contribution is 2.32. The molecule has 0 aliphatic carbocycles. The fourth-order valence-electron chi connectivity index (χ4n) is 4.09. The first-order valence-electron chi connectivity index (χ1n) is 10.8. The molecule has 4 rings (SSSR count). The minimum absolute atomic E-state index is 0.0661. The summed E-state index contributed by atoms with van der Waals surface area (Å²) in [5, 5.41) is 1.01. The average molecular weight is 440 g/mol. The van der Waals surface area contributed by atoms with Gasteiger partial charge in [-0.3, -0.25) is 14.7 Å². The number of amides is 1. The molecule has 1 aliphatic heterocycles. The molecular formula is C23H29N5O2S. The van der Waals surface area contributed by atoms with Gasteiger partial charge in [-0.1, -0.05) is 0 Å². The summed E-state index contributed by atoms with van der Waals surface area (Å²) in [6.07, 6.45) is 4.48. The SMILES string of the molecule is Cc1nc(C)c2c(C)c(C(=O)N(CCCN3CCOCC3)Cc3ccncc3)sc2n1. The zero-order valence-corrected chi connectivity index (χ0v) is 19.2. The first kappa shape index (κ1) is 21.8. The van der Waals surface area contributed by atoms with E-state index in [1.54, 1.807) is 12.4 Å². The van der Waals surface area contributed by atoms with Crippen LogP contribution in [0.15, 0.2) is 24.5 Å². The molecule has 0 aromatic carbocycles. The molecule has 164 valence electrons. The van der Waals surface area contributed by atoms with E-state index in [1.165, 1.54) is 11.3 Å². The highest BCUT2D eigenvalue weighted by atomic mass is 32.1. The van der Waals surface area contributed by atoms with E-state index in [9.17, 15) is 4.79 Å². The van der Waals surface area contributed by atoms with Crippen molar-refractivity contribution in [3.63, 3.8) is 0 Å². The zero-order chi connectivity index (χ0) is 21.8. The molecule has 1 aliphatic rings. The number of hydrogen-bond donors (Lipinski definition) is 0. The minimum Gasteiger partial charge on any atom is -0.379 e. The molecule has 0 N–H and O–H groups in total. The van der Waals surface area contributed by atoms with E-state index < -0.39 is 0 Å². The second-order valence-corrected chi connectivity index (χ2v) is 8.98. The van der Waals surface area contributed by atoms with Crippen LogP contribution in [0.3, 0.4) is 0 Å². The number of aryl methyl sites for hydroxylation is 3. The van der Waals surface area contributed by atoms with Gasteiger partial charge in [-0.25, -0.2) is 9.97 Å². The molecule has 7 nitrogen and oxygen atoms in total. The minimum atomic E-state index is 0.0661. The van der Waals surface area contributed by atoms with Crippen molar-refractivity contribution in [1.29, 1.82) is 0 Å². The van der Waals surface area contributed by atoms with Crippen LogP contribution < -0.4 is 0 Å². The summed E-state index contributed by atoms with van der Waals surface area (Å²) in [5.74, 6) is 0.806. The number of fused-ring (bicyclic) bond motifs is 1. The van der Waals surface area contributed by atoms with Gasteiger partial charge < -0.3 is 9.64 Å². The highest BCUT2D eigenvalue weighted by Gasteiger charge is 2.24. The molecule has 3 aromatic rings. The molecule has 1 amide bonds. The number of carbonyl (C=O) groups is 1. The van der Waals surface area contributed by atoms with Crippen molar-refractivity contribution in [3.05, 3.63) is 52.0 Å². The Morgan fingerprint density at radius 3 is 2.65 bits per heavy atom. The van der Waals surface area contributed by atoms with Crippen LogP contribution in [0.2, 0.25) is 0 Å². The van der Waals surface area contributed by atoms with Gasteiger partial charge >= 0.3 is 0 Å². The van der Waals surface area contributed by atoms with Crippen LogP contribution in [0.5, 0.6) is 0 Å². The Labute approximate surface area is 187 Å². The van der Waals surface area contributed by atoms with Crippen molar-refractivity contribution < 1.29 is 9.53 Å². The molecule has 0 atom stereocenters. The Bertz CT molecular complexity index is 1050. The van der Waals surface area contributed by atoms with Crippen molar-refractivity contribution in [2.24, 2.45) is 0 Å². The lowest BCUT2D eigenvalue weighted by Crippen LogP contribution is -2.39. The summed E-state index contributed by atoms with van der Waals surface area (Å²) >= 11 is 1.48. The quantitative estimate of drug-likeness (QED) is 0.562. The van der Waals surface area contributed by atoms with Gasteiger partial charge in [-0.2, -0.15) is 0 Å². The van der Waals surface area contributed by atoms with Gasteiger partial charge in [0.1, 0.15) is 10.7 Å². The molecule has 0 spiro atoms. The van der Waals surface area contributed by atoms with Crippen molar-refractivity contribution in [2.75, 3.05) is 39.4 Å². The largest absolute Gasteiger partial charge is 0.379 e. The number of ether oxygens (including phenoxy) is 1. The highest BCUT2D eigenvalue weighted by molar-refractivity contribution is 7.20. The third kappa shape index (κ3) is 5.08. The van der Waals surface area contributed by atoms with Gasteiger partial charge in [0.05, 0.1) is 18.1 Å². The monoisotopic (exact) mass is 439 g/mol.